The Kier molecular flexibility index (Phi) is 6.77. The topological polar surface area (TPSA) is 0 Å². The van der Waals surface area contributed by atoms with E-state index >= 15 is 0 Å². The molecule has 6 rings (SSSR count). The molecule has 4 heteroatoms. The first-order valence-corrected chi connectivity index (χ1v) is 23.8. The molecule has 1 aliphatic heterocycles. The molecule has 0 saturated carbocycles. The number of allylic oxidation sites excluding steroid dienone is 1. The van der Waals surface area contributed by atoms with Crippen molar-refractivity contribution in [3.05, 3.63) is 106 Å². The molecule has 1 unspecified atom stereocenters. The van der Waals surface area contributed by atoms with Gasteiger partial charge in [-0.25, -0.2) is 0 Å². The molecule has 37 heavy (non-hydrogen) atoms. The molecule has 4 aromatic carbocycles. The van der Waals surface area contributed by atoms with E-state index < -0.39 is 27.4 Å². The quantitative estimate of drug-likeness (QED) is 0.182. The van der Waals surface area contributed by atoms with Crippen LogP contribution in [0.2, 0.25) is 0 Å². The van der Waals surface area contributed by atoms with Gasteiger partial charge in [-0.15, -0.1) is 0 Å². The number of rotatable bonds is 5. The van der Waals surface area contributed by atoms with Gasteiger partial charge in [-0.05, 0) is 0 Å². The van der Waals surface area contributed by atoms with E-state index in [2.05, 4.69) is 107 Å². The summed E-state index contributed by atoms with van der Waals surface area (Å²) in [6.07, 6.45) is 4.41. The van der Waals surface area contributed by atoms with Crippen molar-refractivity contribution in [3.63, 3.8) is 0 Å². The van der Waals surface area contributed by atoms with E-state index in [1.807, 2.05) is 0 Å². The molecule has 0 saturated heterocycles. The van der Waals surface area contributed by atoms with Crippen LogP contribution in [0.1, 0.15) is 51.7 Å². The van der Waals surface area contributed by atoms with E-state index in [0.717, 1.165) is 12.8 Å². The Labute approximate surface area is 235 Å². The van der Waals surface area contributed by atoms with Crippen molar-refractivity contribution in [1.82, 2.24) is 0 Å². The first kappa shape index (κ1) is 25.6. The second kappa shape index (κ2) is 9.80. The molecule has 2 aliphatic rings. The third-order valence-corrected chi connectivity index (χ3v) is 22.6. The van der Waals surface area contributed by atoms with Crippen LogP contribution in [-0.4, -0.2) is 9.52 Å². The minimum absolute atomic E-state index is 0.136. The van der Waals surface area contributed by atoms with Gasteiger partial charge in [-0.3, -0.25) is 0 Å². The van der Waals surface area contributed by atoms with Gasteiger partial charge >= 0.3 is 237 Å². The number of benzene rings is 4. The van der Waals surface area contributed by atoms with Crippen molar-refractivity contribution in [3.8, 4) is 22.3 Å². The SMILES string of the molecule is CCC1=Cc2c(ccc(CC)c2-c2cc(C)cc(C)c2)[CH]1[Zr]([Cl])([Cl])[c]1cccc2c1[SiH2]c1ccccc1-2. The molecule has 0 amide bonds. The molecule has 4 aromatic rings. The molecule has 0 N–H and O–H groups in total. The minimum atomic E-state index is -3.91. The van der Waals surface area contributed by atoms with Crippen LogP contribution in [0.25, 0.3) is 28.3 Å². The Hall–Kier alpha value is -1.70. The Bertz CT molecular complexity index is 1560. The first-order chi connectivity index (χ1) is 17.8. The van der Waals surface area contributed by atoms with Gasteiger partial charge in [0.15, 0.2) is 0 Å². The molecular formula is C33H32Cl2SiZr. The predicted molar refractivity (Wildman–Crippen MR) is 163 cm³/mol. The molecular weight excluding hydrogens is 587 g/mol. The Morgan fingerprint density at radius 1 is 0.811 bits per heavy atom. The number of hydrogen-bond acceptors (Lipinski definition) is 0. The van der Waals surface area contributed by atoms with E-state index in [1.165, 1.54) is 69.3 Å². The molecule has 1 atom stereocenters. The maximum atomic E-state index is 7.77. The standard InChI is InChI=1S/C21H23.C12H9Si.2ClH.Zr/c1-5-16-12-18-8-7-17(6-2)21(20(18)13-16)19-10-14(3)9-15(4)11-19;1-3-7-11-9(5-1)10-6-2-4-8-12(10)13-11;;;/h7-13H,5-6H2,1-4H3;1-7H,13H2;2*1H;/q;;;;+2/p-2. The van der Waals surface area contributed by atoms with E-state index in [1.54, 1.807) is 0 Å². The fraction of sp³-hybridized carbons (Fsp3) is 0.212. The van der Waals surface area contributed by atoms with Gasteiger partial charge in [-0.2, -0.15) is 0 Å². The number of halogens is 2. The van der Waals surface area contributed by atoms with Gasteiger partial charge in [0.25, 0.3) is 0 Å². The summed E-state index contributed by atoms with van der Waals surface area (Å²) < 4.78 is 1.44. The summed E-state index contributed by atoms with van der Waals surface area (Å²) in [7, 11) is 15.0. The molecule has 0 fully saturated rings. The fourth-order valence-corrected chi connectivity index (χ4v) is 23.7. The number of hydrogen-bond donors (Lipinski definition) is 0. The molecule has 186 valence electrons. The number of aryl methyl sites for hydroxylation is 3. The zero-order valence-electron chi connectivity index (χ0n) is 22.0. The molecule has 0 nitrogen and oxygen atoms in total. The van der Waals surface area contributed by atoms with Crippen molar-refractivity contribution >= 4 is 46.3 Å². The second-order valence-electron chi connectivity index (χ2n) is 10.6. The molecule has 0 spiro atoms. The zero-order chi connectivity index (χ0) is 25.9. The van der Waals surface area contributed by atoms with Crippen molar-refractivity contribution in [1.29, 1.82) is 0 Å². The van der Waals surface area contributed by atoms with Crippen LogP contribution < -0.4 is 13.6 Å². The third-order valence-electron chi connectivity index (χ3n) is 8.25. The van der Waals surface area contributed by atoms with Crippen LogP contribution >= 0.6 is 17.0 Å². The van der Waals surface area contributed by atoms with Crippen molar-refractivity contribution < 1.29 is 17.9 Å². The first-order valence-electron chi connectivity index (χ1n) is 13.4. The Balaban J connectivity index is 1.53. The summed E-state index contributed by atoms with van der Waals surface area (Å²) >= 11 is -3.91. The van der Waals surface area contributed by atoms with E-state index in [0.29, 0.717) is 0 Å². The average Bonchev–Trinajstić information content (AvgIpc) is 3.46. The molecule has 0 radical (unpaired) electrons. The van der Waals surface area contributed by atoms with E-state index in [-0.39, 0.29) is 3.63 Å². The Morgan fingerprint density at radius 3 is 2.27 bits per heavy atom. The summed E-state index contributed by atoms with van der Waals surface area (Å²) in [6.45, 7) is 8.90. The van der Waals surface area contributed by atoms with Crippen LogP contribution in [0.5, 0.6) is 0 Å². The van der Waals surface area contributed by atoms with Gasteiger partial charge in [0.05, 0.1) is 0 Å². The summed E-state index contributed by atoms with van der Waals surface area (Å²) in [6, 6.07) is 27.2. The van der Waals surface area contributed by atoms with E-state index in [4.69, 9.17) is 17.0 Å². The predicted octanol–water partition coefficient (Wildman–Crippen LogP) is 7.27. The van der Waals surface area contributed by atoms with Crippen LogP contribution in [0.4, 0.5) is 0 Å². The fourth-order valence-electron chi connectivity index (χ4n) is 6.67. The van der Waals surface area contributed by atoms with Crippen molar-refractivity contribution in [2.75, 3.05) is 0 Å². The van der Waals surface area contributed by atoms with Crippen molar-refractivity contribution in [2.24, 2.45) is 0 Å². The summed E-state index contributed by atoms with van der Waals surface area (Å²) in [4.78, 5) is 0. The van der Waals surface area contributed by atoms with Gasteiger partial charge < -0.3 is 0 Å². The molecule has 0 bridgehead atoms. The van der Waals surface area contributed by atoms with Gasteiger partial charge in [0.1, 0.15) is 0 Å². The second-order valence-corrected chi connectivity index (χ2v) is 26.5. The Morgan fingerprint density at radius 2 is 1.54 bits per heavy atom. The van der Waals surface area contributed by atoms with E-state index in [9.17, 15) is 0 Å². The normalized spacial score (nSPS) is 16.5. The van der Waals surface area contributed by atoms with Crippen LogP contribution in [0, 0.1) is 13.8 Å². The van der Waals surface area contributed by atoms with Crippen LogP contribution in [-0.2, 0) is 24.3 Å². The summed E-state index contributed by atoms with van der Waals surface area (Å²) in [5, 5.41) is 3.01. The van der Waals surface area contributed by atoms with Gasteiger partial charge in [0.2, 0.25) is 0 Å². The van der Waals surface area contributed by atoms with Crippen molar-refractivity contribution in [2.45, 2.75) is 44.2 Å². The van der Waals surface area contributed by atoms with Gasteiger partial charge in [0, 0.05) is 0 Å². The van der Waals surface area contributed by atoms with Gasteiger partial charge in [-0.1, -0.05) is 0 Å². The number of fused-ring (bicyclic) bond motifs is 4. The summed E-state index contributed by atoms with van der Waals surface area (Å²) in [5.41, 5.74) is 13.5. The summed E-state index contributed by atoms with van der Waals surface area (Å²) in [5.74, 6) is 0. The van der Waals surface area contributed by atoms with Crippen LogP contribution in [0.15, 0.2) is 78.4 Å². The third kappa shape index (κ3) is 4.20. The van der Waals surface area contributed by atoms with Crippen LogP contribution in [0.3, 0.4) is 0 Å². The molecule has 0 aromatic heterocycles. The maximum absolute atomic E-state index is 7.77. The average molecular weight is 619 g/mol. The monoisotopic (exact) mass is 616 g/mol. The zero-order valence-corrected chi connectivity index (χ0v) is 27.3. The molecule has 1 aliphatic carbocycles. The molecule has 1 heterocycles.